The molecule has 4 N–H and O–H groups in total. The zero-order chi connectivity index (χ0) is 12.3. The van der Waals surface area contributed by atoms with Crippen molar-refractivity contribution in [1.82, 2.24) is 4.72 Å². The summed E-state index contributed by atoms with van der Waals surface area (Å²) >= 11 is 5.77. The Bertz CT molecular complexity index is 474. The fraction of sp³-hybridized carbons (Fsp3) is 0.333. The Morgan fingerprint density at radius 2 is 2.19 bits per heavy atom. The first-order valence-corrected chi connectivity index (χ1v) is 6.42. The summed E-state index contributed by atoms with van der Waals surface area (Å²) in [4.78, 5) is -0.0518. The molecule has 90 valence electrons. The van der Waals surface area contributed by atoms with Crippen LogP contribution in [0.5, 0.6) is 0 Å². The number of hydrogen-bond acceptors (Lipinski definition) is 4. The molecule has 0 radical (unpaired) electrons. The molecule has 1 aromatic rings. The number of hydrogen-bond donors (Lipinski definition) is 3. The predicted molar refractivity (Wildman–Crippen MR) is 62.7 cm³/mol. The van der Waals surface area contributed by atoms with Crippen molar-refractivity contribution in [2.75, 3.05) is 12.3 Å². The number of aliphatic hydroxyl groups excluding tert-OH is 1. The van der Waals surface area contributed by atoms with Gasteiger partial charge in [-0.2, -0.15) is 0 Å². The molecule has 16 heavy (non-hydrogen) atoms. The molecule has 1 aromatic carbocycles. The second kappa shape index (κ2) is 5.01. The Hall–Kier alpha value is -0.820. The van der Waals surface area contributed by atoms with Crippen LogP contribution in [-0.4, -0.2) is 26.2 Å². The second-order valence-electron chi connectivity index (χ2n) is 3.39. The van der Waals surface area contributed by atoms with Crippen molar-refractivity contribution in [2.24, 2.45) is 0 Å². The number of nitrogens with one attached hydrogen (secondary N) is 1. The number of rotatable bonds is 4. The maximum absolute atomic E-state index is 11.7. The van der Waals surface area contributed by atoms with Gasteiger partial charge >= 0.3 is 0 Å². The largest absolute Gasteiger partial charge is 0.399 e. The lowest BCUT2D eigenvalue weighted by Gasteiger charge is -2.09. The van der Waals surface area contributed by atoms with Gasteiger partial charge in [-0.3, -0.25) is 0 Å². The summed E-state index contributed by atoms with van der Waals surface area (Å²) < 4.78 is 25.7. The smallest absolute Gasteiger partial charge is 0.242 e. The Labute approximate surface area is 99.3 Å². The minimum atomic E-state index is -3.70. The van der Waals surface area contributed by atoms with Gasteiger partial charge in [-0.15, -0.1) is 0 Å². The molecular formula is C9H13ClN2O3S. The summed E-state index contributed by atoms with van der Waals surface area (Å²) in [5, 5.41) is 9.05. The molecule has 1 atom stereocenters. The maximum Gasteiger partial charge on any atom is 0.242 e. The molecule has 0 saturated heterocycles. The number of benzene rings is 1. The first-order valence-electron chi connectivity index (χ1n) is 4.55. The number of halogens is 1. The van der Waals surface area contributed by atoms with Crippen molar-refractivity contribution in [2.45, 2.75) is 17.9 Å². The Morgan fingerprint density at radius 3 is 2.69 bits per heavy atom. The van der Waals surface area contributed by atoms with Gasteiger partial charge in [0.05, 0.1) is 11.1 Å². The average molecular weight is 265 g/mol. The van der Waals surface area contributed by atoms with Crippen LogP contribution in [0, 0.1) is 0 Å². The summed E-state index contributed by atoms with van der Waals surface area (Å²) in [6, 6.07) is 4.13. The molecule has 0 unspecified atom stereocenters. The van der Waals surface area contributed by atoms with Crippen LogP contribution in [0.3, 0.4) is 0 Å². The van der Waals surface area contributed by atoms with Gasteiger partial charge in [0, 0.05) is 12.2 Å². The van der Waals surface area contributed by atoms with E-state index in [2.05, 4.69) is 4.72 Å². The van der Waals surface area contributed by atoms with E-state index in [1.165, 1.54) is 25.1 Å². The fourth-order valence-corrected chi connectivity index (χ4v) is 2.72. The van der Waals surface area contributed by atoms with Gasteiger partial charge in [-0.1, -0.05) is 11.6 Å². The summed E-state index contributed by atoms with van der Waals surface area (Å²) in [5.74, 6) is 0. The molecule has 0 aromatic heterocycles. The van der Waals surface area contributed by atoms with E-state index in [1.54, 1.807) is 0 Å². The molecular weight excluding hydrogens is 252 g/mol. The first kappa shape index (κ1) is 13.2. The molecule has 0 heterocycles. The lowest BCUT2D eigenvalue weighted by molar-refractivity contribution is 0.198. The van der Waals surface area contributed by atoms with E-state index >= 15 is 0 Å². The number of anilines is 1. The van der Waals surface area contributed by atoms with Crippen LogP contribution in [0.4, 0.5) is 5.69 Å². The summed E-state index contributed by atoms with van der Waals surface area (Å²) in [6.45, 7) is 1.41. The molecule has 0 aliphatic heterocycles. The molecule has 7 heteroatoms. The molecule has 0 spiro atoms. The zero-order valence-corrected chi connectivity index (χ0v) is 10.2. The van der Waals surface area contributed by atoms with E-state index in [0.29, 0.717) is 5.69 Å². The molecule has 0 bridgehead atoms. The summed E-state index contributed by atoms with van der Waals surface area (Å²) in [7, 11) is -3.70. The summed E-state index contributed by atoms with van der Waals surface area (Å²) in [5.41, 5.74) is 5.84. The highest BCUT2D eigenvalue weighted by atomic mass is 35.5. The van der Waals surface area contributed by atoms with Crippen molar-refractivity contribution in [3.05, 3.63) is 23.2 Å². The monoisotopic (exact) mass is 264 g/mol. The van der Waals surface area contributed by atoms with E-state index in [1.807, 2.05) is 0 Å². The summed E-state index contributed by atoms with van der Waals surface area (Å²) in [6.07, 6.45) is -0.762. The van der Waals surface area contributed by atoms with Crippen LogP contribution in [0.15, 0.2) is 23.1 Å². The first-order chi connectivity index (χ1) is 7.33. The van der Waals surface area contributed by atoms with E-state index in [-0.39, 0.29) is 16.5 Å². The quantitative estimate of drug-likeness (QED) is 0.694. The van der Waals surface area contributed by atoms with Gasteiger partial charge < -0.3 is 10.8 Å². The van der Waals surface area contributed by atoms with Crippen molar-refractivity contribution >= 4 is 27.3 Å². The Kier molecular flexibility index (Phi) is 4.15. The van der Waals surface area contributed by atoms with Crippen molar-refractivity contribution < 1.29 is 13.5 Å². The van der Waals surface area contributed by atoms with Crippen molar-refractivity contribution in [3.63, 3.8) is 0 Å². The minimum Gasteiger partial charge on any atom is -0.399 e. The number of sulfonamides is 1. The average Bonchev–Trinajstić information content (AvgIpc) is 2.14. The highest BCUT2D eigenvalue weighted by Gasteiger charge is 2.17. The van der Waals surface area contributed by atoms with E-state index in [0.717, 1.165) is 0 Å². The predicted octanol–water partition coefficient (Wildman–Crippen LogP) is 0.581. The van der Waals surface area contributed by atoms with E-state index in [4.69, 9.17) is 22.4 Å². The van der Waals surface area contributed by atoms with E-state index < -0.39 is 16.1 Å². The number of nitrogen functional groups attached to an aromatic ring is 1. The van der Waals surface area contributed by atoms with Gasteiger partial charge in [0.15, 0.2) is 0 Å². The van der Waals surface area contributed by atoms with Crippen LogP contribution in [0.25, 0.3) is 0 Å². The third kappa shape index (κ3) is 3.34. The molecule has 0 fully saturated rings. The highest BCUT2D eigenvalue weighted by Crippen LogP contribution is 2.23. The fourth-order valence-electron chi connectivity index (χ4n) is 1.04. The van der Waals surface area contributed by atoms with Crippen LogP contribution in [-0.2, 0) is 10.0 Å². The van der Waals surface area contributed by atoms with Crippen molar-refractivity contribution in [3.8, 4) is 0 Å². The molecule has 0 saturated carbocycles. The lowest BCUT2D eigenvalue weighted by atomic mass is 10.3. The molecule has 0 aliphatic rings. The zero-order valence-electron chi connectivity index (χ0n) is 8.64. The van der Waals surface area contributed by atoms with Crippen molar-refractivity contribution in [1.29, 1.82) is 0 Å². The molecule has 0 aliphatic carbocycles. The van der Waals surface area contributed by atoms with Gasteiger partial charge in [-0.05, 0) is 25.1 Å². The topological polar surface area (TPSA) is 92.4 Å². The van der Waals surface area contributed by atoms with Gasteiger partial charge in [-0.25, -0.2) is 13.1 Å². The normalized spacial score (nSPS) is 13.7. The second-order valence-corrected chi connectivity index (χ2v) is 5.53. The Morgan fingerprint density at radius 1 is 1.56 bits per heavy atom. The third-order valence-corrected chi connectivity index (χ3v) is 3.72. The van der Waals surface area contributed by atoms with Gasteiger partial charge in [0.2, 0.25) is 10.0 Å². The Balaban J connectivity index is 2.99. The third-order valence-electron chi connectivity index (χ3n) is 1.81. The van der Waals surface area contributed by atoms with Crippen LogP contribution < -0.4 is 10.5 Å². The SMILES string of the molecule is C[C@@H](O)CNS(=O)(=O)c1ccc(N)cc1Cl. The maximum atomic E-state index is 11.7. The van der Waals surface area contributed by atoms with Gasteiger partial charge in [0.25, 0.3) is 0 Å². The number of nitrogens with two attached hydrogens (primary N) is 1. The lowest BCUT2D eigenvalue weighted by Crippen LogP contribution is -2.30. The highest BCUT2D eigenvalue weighted by molar-refractivity contribution is 7.89. The van der Waals surface area contributed by atoms with Crippen LogP contribution in [0.2, 0.25) is 5.02 Å². The van der Waals surface area contributed by atoms with Crippen LogP contribution in [0.1, 0.15) is 6.92 Å². The minimum absolute atomic E-state index is 0.0518. The van der Waals surface area contributed by atoms with Gasteiger partial charge in [0.1, 0.15) is 4.90 Å². The number of aliphatic hydroxyl groups is 1. The standard InChI is InChI=1S/C9H13ClN2O3S/c1-6(13)5-12-16(14,15)9-3-2-7(11)4-8(9)10/h2-4,6,12-13H,5,11H2,1H3/t6-/m1/s1. The molecule has 0 amide bonds. The molecule has 5 nitrogen and oxygen atoms in total. The molecule has 1 rings (SSSR count). The van der Waals surface area contributed by atoms with E-state index in [9.17, 15) is 8.42 Å². The van der Waals surface area contributed by atoms with Crippen LogP contribution >= 0.6 is 11.6 Å².